The molecule has 1 N–H and O–H groups in total. The first-order valence-electron chi connectivity index (χ1n) is 13.7. The van der Waals surface area contributed by atoms with Crippen LogP contribution in [0.3, 0.4) is 0 Å². The van der Waals surface area contributed by atoms with Gasteiger partial charge in [0, 0.05) is 0 Å². The molecule has 0 heterocycles. The Morgan fingerprint density at radius 2 is 1.52 bits per heavy atom. The van der Waals surface area contributed by atoms with E-state index in [4.69, 9.17) is 0 Å². The molecule has 0 saturated heterocycles. The van der Waals surface area contributed by atoms with Crippen LogP contribution in [0, 0.1) is 56.7 Å². The van der Waals surface area contributed by atoms with Crippen molar-refractivity contribution in [2.45, 2.75) is 119 Å². The number of fused-ring (bicyclic) bond motifs is 7. The molecular weight excluding hydrogens is 376 g/mol. The van der Waals surface area contributed by atoms with E-state index in [1.165, 1.54) is 51.4 Å². The fourth-order valence-electron chi connectivity index (χ4n) is 10.8. The van der Waals surface area contributed by atoms with Gasteiger partial charge in [-0.1, -0.05) is 67.0 Å². The van der Waals surface area contributed by atoms with Gasteiger partial charge in [0.05, 0.1) is 6.10 Å². The zero-order chi connectivity index (χ0) is 22.6. The molecule has 0 amide bonds. The van der Waals surface area contributed by atoms with Crippen LogP contribution in [0.4, 0.5) is 0 Å². The summed E-state index contributed by atoms with van der Waals surface area (Å²) in [4.78, 5) is 0. The van der Waals surface area contributed by atoms with Crippen molar-refractivity contribution < 1.29 is 5.11 Å². The summed E-state index contributed by atoms with van der Waals surface area (Å²) in [5.41, 5.74) is 3.60. The lowest BCUT2D eigenvalue weighted by Gasteiger charge is -2.71. The lowest BCUT2D eigenvalue weighted by atomic mass is 9.33. The highest BCUT2D eigenvalue weighted by Gasteiger charge is 2.67. The van der Waals surface area contributed by atoms with E-state index in [0.29, 0.717) is 27.6 Å². The van der Waals surface area contributed by atoms with Gasteiger partial charge in [0.1, 0.15) is 0 Å². The Bertz CT molecular complexity index is 779. The van der Waals surface area contributed by atoms with Gasteiger partial charge < -0.3 is 5.11 Å². The van der Waals surface area contributed by atoms with Gasteiger partial charge in [0.25, 0.3) is 0 Å². The van der Waals surface area contributed by atoms with E-state index in [0.717, 1.165) is 30.1 Å². The summed E-state index contributed by atoms with van der Waals surface area (Å²) in [6.07, 6.45) is 14.5. The highest BCUT2D eigenvalue weighted by molar-refractivity contribution is 5.33. The Morgan fingerprint density at radius 1 is 0.806 bits per heavy atom. The average molecular weight is 427 g/mol. The van der Waals surface area contributed by atoms with Gasteiger partial charge in [0.15, 0.2) is 0 Å². The molecule has 1 heteroatoms. The number of allylic oxidation sites excluding steroid dienone is 2. The van der Waals surface area contributed by atoms with Gasteiger partial charge in [-0.25, -0.2) is 0 Å². The van der Waals surface area contributed by atoms with E-state index >= 15 is 0 Å². The van der Waals surface area contributed by atoms with Gasteiger partial charge in [-0.15, -0.1) is 0 Å². The third-order valence-corrected chi connectivity index (χ3v) is 13.4. The van der Waals surface area contributed by atoms with E-state index in [1.54, 1.807) is 0 Å². The Hall–Kier alpha value is -0.300. The smallest absolute Gasteiger partial charge is 0.0594 e. The third kappa shape index (κ3) is 2.65. The van der Waals surface area contributed by atoms with Crippen molar-refractivity contribution in [3.8, 4) is 0 Å². The first kappa shape index (κ1) is 22.5. The molecule has 4 saturated carbocycles. The molecule has 10 atom stereocenters. The first-order chi connectivity index (χ1) is 14.3. The SMILES string of the molecule is C[C@@H]1[C@H]2C3=CC[C@@H]4[C@@]5(C)CC[C@H](O)C(C)(C)[C@@H]5CC[C@@]4(C)[C@]3(C)CC[C@@]2(C)CC[C@@H]1C. The molecule has 0 aromatic rings. The second kappa shape index (κ2) is 6.64. The maximum absolute atomic E-state index is 10.9. The number of hydrogen-bond acceptors (Lipinski definition) is 1. The quantitative estimate of drug-likeness (QED) is 0.389. The first-order valence-corrected chi connectivity index (χ1v) is 13.7. The molecule has 0 spiro atoms. The minimum atomic E-state index is -0.125. The molecule has 0 aromatic carbocycles. The van der Waals surface area contributed by atoms with E-state index < -0.39 is 0 Å². The summed E-state index contributed by atoms with van der Waals surface area (Å²) >= 11 is 0. The summed E-state index contributed by atoms with van der Waals surface area (Å²) in [5.74, 6) is 3.90. The molecule has 5 aliphatic rings. The van der Waals surface area contributed by atoms with Gasteiger partial charge in [-0.2, -0.15) is 0 Å². The Morgan fingerprint density at radius 3 is 2.23 bits per heavy atom. The van der Waals surface area contributed by atoms with E-state index in [9.17, 15) is 5.11 Å². The van der Waals surface area contributed by atoms with Crippen LogP contribution < -0.4 is 0 Å². The van der Waals surface area contributed by atoms with Gasteiger partial charge in [0.2, 0.25) is 0 Å². The summed E-state index contributed by atoms with van der Waals surface area (Å²) in [7, 11) is 0. The topological polar surface area (TPSA) is 20.2 Å². The highest BCUT2D eigenvalue weighted by atomic mass is 16.3. The predicted molar refractivity (Wildman–Crippen MR) is 131 cm³/mol. The summed E-state index contributed by atoms with van der Waals surface area (Å²) < 4.78 is 0. The second-order valence-corrected chi connectivity index (χ2v) is 14.7. The molecule has 1 nitrogen and oxygen atoms in total. The molecule has 0 radical (unpaired) electrons. The number of aliphatic hydroxyl groups is 1. The lowest BCUT2D eigenvalue weighted by Crippen LogP contribution is -2.64. The predicted octanol–water partition coefficient (Wildman–Crippen LogP) is 8.02. The maximum Gasteiger partial charge on any atom is 0.0594 e. The maximum atomic E-state index is 10.9. The van der Waals surface area contributed by atoms with Gasteiger partial charge >= 0.3 is 0 Å². The molecular formula is C30H50O. The highest BCUT2D eigenvalue weighted by Crippen LogP contribution is 2.75. The van der Waals surface area contributed by atoms with Gasteiger partial charge in [-0.05, 0) is 114 Å². The summed E-state index contributed by atoms with van der Waals surface area (Å²) in [6.45, 7) is 20.5. The van der Waals surface area contributed by atoms with Crippen molar-refractivity contribution in [1.82, 2.24) is 0 Å². The van der Waals surface area contributed by atoms with Crippen molar-refractivity contribution in [3.63, 3.8) is 0 Å². The zero-order valence-electron chi connectivity index (χ0n) is 21.9. The molecule has 0 bridgehead atoms. The van der Waals surface area contributed by atoms with Crippen LogP contribution in [0.1, 0.15) is 113 Å². The van der Waals surface area contributed by atoms with E-state index in [-0.39, 0.29) is 11.5 Å². The molecule has 31 heavy (non-hydrogen) atoms. The minimum Gasteiger partial charge on any atom is -0.393 e. The molecule has 0 aliphatic heterocycles. The molecule has 0 aromatic heterocycles. The third-order valence-electron chi connectivity index (χ3n) is 13.4. The van der Waals surface area contributed by atoms with Gasteiger partial charge in [-0.3, -0.25) is 0 Å². The minimum absolute atomic E-state index is 0.0533. The van der Waals surface area contributed by atoms with Crippen molar-refractivity contribution in [1.29, 1.82) is 0 Å². The zero-order valence-corrected chi connectivity index (χ0v) is 21.9. The standard InChI is InChI=1S/C30H50O/c1-19-11-14-27(5)17-18-29(7)21(25(27)20(19)2)9-10-23-28(6)15-13-24(31)26(3,4)22(28)12-16-30(23,29)8/h9,19-20,22-25,31H,10-18H2,1-8H3/t19-,20-,22-,23+,24-,25-,27+,28-,29+,30+/m0/s1. The number of hydrogen-bond donors (Lipinski definition) is 1. The lowest BCUT2D eigenvalue weighted by molar-refractivity contribution is -0.203. The Labute approximate surface area is 192 Å². The van der Waals surface area contributed by atoms with Crippen molar-refractivity contribution in [3.05, 3.63) is 11.6 Å². The van der Waals surface area contributed by atoms with Crippen molar-refractivity contribution in [2.75, 3.05) is 0 Å². The van der Waals surface area contributed by atoms with Crippen LogP contribution in [0.2, 0.25) is 0 Å². The normalized spacial score (nSPS) is 58.3. The summed E-state index contributed by atoms with van der Waals surface area (Å²) in [6, 6.07) is 0. The Kier molecular flexibility index (Phi) is 4.82. The summed E-state index contributed by atoms with van der Waals surface area (Å²) in [5, 5.41) is 10.9. The number of rotatable bonds is 0. The molecule has 5 rings (SSSR count). The van der Waals surface area contributed by atoms with E-state index in [2.05, 4.69) is 61.5 Å². The second-order valence-electron chi connectivity index (χ2n) is 14.7. The molecule has 5 aliphatic carbocycles. The van der Waals surface area contributed by atoms with Crippen LogP contribution in [0.25, 0.3) is 0 Å². The van der Waals surface area contributed by atoms with Crippen LogP contribution >= 0.6 is 0 Å². The fraction of sp³-hybridized carbons (Fsp3) is 0.933. The van der Waals surface area contributed by atoms with Crippen LogP contribution in [-0.4, -0.2) is 11.2 Å². The molecule has 176 valence electrons. The fourth-order valence-corrected chi connectivity index (χ4v) is 10.8. The average Bonchev–Trinajstić information content (AvgIpc) is 2.69. The molecule has 0 unspecified atom stereocenters. The van der Waals surface area contributed by atoms with Crippen LogP contribution in [0.5, 0.6) is 0 Å². The largest absolute Gasteiger partial charge is 0.393 e. The molecule has 4 fully saturated rings. The van der Waals surface area contributed by atoms with Crippen LogP contribution in [-0.2, 0) is 0 Å². The van der Waals surface area contributed by atoms with Crippen molar-refractivity contribution in [2.24, 2.45) is 56.7 Å². The van der Waals surface area contributed by atoms with Crippen molar-refractivity contribution >= 4 is 0 Å². The number of aliphatic hydroxyl groups excluding tert-OH is 1. The monoisotopic (exact) mass is 426 g/mol. The van der Waals surface area contributed by atoms with Crippen LogP contribution in [0.15, 0.2) is 11.6 Å². The Balaban J connectivity index is 1.59. The van der Waals surface area contributed by atoms with E-state index in [1.807, 2.05) is 5.57 Å².